The summed E-state index contributed by atoms with van der Waals surface area (Å²) < 4.78 is 41.4. The second-order valence-electron chi connectivity index (χ2n) is 8.64. The minimum atomic E-state index is -3.70. The van der Waals surface area contributed by atoms with Crippen LogP contribution in [-0.4, -0.2) is 21.1 Å². The molecule has 2 aliphatic rings. The highest BCUT2D eigenvalue weighted by molar-refractivity contribution is 7.89. The molecule has 5 rings (SSSR count). The van der Waals surface area contributed by atoms with Gasteiger partial charge in [-0.15, -0.1) is 0 Å². The summed E-state index contributed by atoms with van der Waals surface area (Å²) in [5.41, 5.74) is 0.632. The van der Waals surface area contributed by atoms with Crippen LogP contribution in [0, 0.1) is 0 Å². The lowest BCUT2D eigenvalue weighted by molar-refractivity contribution is 0.0000753. The van der Waals surface area contributed by atoms with Gasteiger partial charge in [0.2, 0.25) is 10.0 Å². The van der Waals surface area contributed by atoms with Crippen LogP contribution in [0.3, 0.4) is 0 Å². The average Bonchev–Trinajstić information content (AvgIpc) is 2.78. The van der Waals surface area contributed by atoms with E-state index in [0.717, 1.165) is 53.5 Å². The minimum Gasteiger partial charge on any atom is -0.497 e. The Morgan fingerprint density at radius 3 is 2.52 bits per heavy atom. The summed E-state index contributed by atoms with van der Waals surface area (Å²) in [4.78, 5) is 0.270. The van der Waals surface area contributed by atoms with Gasteiger partial charge in [0, 0.05) is 12.0 Å². The fraction of sp³-hybridized carbons (Fsp3) is 0.360. The molecule has 31 heavy (non-hydrogen) atoms. The Hall–Kier alpha value is -2.57. The van der Waals surface area contributed by atoms with Gasteiger partial charge in [-0.05, 0) is 66.8 Å². The number of sulfonamides is 1. The molecule has 1 fully saturated rings. The molecule has 1 N–H and O–H groups in total. The molecule has 0 amide bonds. The van der Waals surface area contributed by atoms with Crippen LogP contribution >= 0.6 is 0 Å². The van der Waals surface area contributed by atoms with Crippen molar-refractivity contribution in [3.05, 3.63) is 66.2 Å². The molecule has 3 aromatic rings. The number of hydrogen-bond donors (Lipinski definition) is 1. The molecule has 3 aromatic carbocycles. The summed E-state index contributed by atoms with van der Waals surface area (Å²) in [5, 5.41) is 1.80. The fourth-order valence-corrected chi connectivity index (χ4v) is 6.23. The van der Waals surface area contributed by atoms with Gasteiger partial charge in [-0.1, -0.05) is 36.8 Å². The first kappa shape index (κ1) is 20.3. The van der Waals surface area contributed by atoms with E-state index in [4.69, 9.17) is 9.47 Å². The van der Waals surface area contributed by atoms with Gasteiger partial charge in [-0.3, -0.25) is 0 Å². The van der Waals surface area contributed by atoms with E-state index in [1.807, 2.05) is 48.5 Å². The van der Waals surface area contributed by atoms with E-state index in [1.54, 1.807) is 19.2 Å². The Bertz CT molecular complexity index is 1220. The summed E-state index contributed by atoms with van der Waals surface area (Å²) in [6, 6.07) is 18.3. The number of hydrogen-bond acceptors (Lipinski definition) is 4. The maximum absolute atomic E-state index is 13.4. The van der Waals surface area contributed by atoms with Crippen molar-refractivity contribution < 1.29 is 17.9 Å². The largest absolute Gasteiger partial charge is 0.497 e. The van der Waals surface area contributed by atoms with Gasteiger partial charge in [-0.2, -0.15) is 0 Å². The van der Waals surface area contributed by atoms with Crippen molar-refractivity contribution in [1.82, 2.24) is 4.72 Å². The lowest BCUT2D eigenvalue weighted by Crippen LogP contribution is -2.46. The van der Waals surface area contributed by atoms with Crippen molar-refractivity contribution in [1.29, 1.82) is 0 Å². The Morgan fingerprint density at radius 1 is 0.968 bits per heavy atom. The lowest BCUT2D eigenvalue weighted by atomic mass is 9.77. The van der Waals surface area contributed by atoms with E-state index in [2.05, 4.69) is 4.72 Å². The molecule has 5 nitrogen and oxygen atoms in total. The van der Waals surface area contributed by atoms with Gasteiger partial charge in [0.15, 0.2) is 0 Å². The Balaban J connectivity index is 1.48. The van der Waals surface area contributed by atoms with Gasteiger partial charge < -0.3 is 9.47 Å². The highest BCUT2D eigenvalue weighted by Crippen LogP contribution is 2.46. The second kappa shape index (κ2) is 7.84. The third-order valence-corrected chi connectivity index (χ3v) is 8.06. The van der Waals surface area contributed by atoms with E-state index >= 15 is 0 Å². The van der Waals surface area contributed by atoms with E-state index in [0.29, 0.717) is 6.42 Å². The van der Waals surface area contributed by atoms with Crippen LogP contribution in [0.5, 0.6) is 11.5 Å². The van der Waals surface area contributed by atoms with Crippen LogP contribution in [-0.2, 0) is 10.0 Å². The number of rotatable bonds is 4. The van der Waals surface area contributed by atoms with E-state index < -0.39 is 10.0 Å². The molecule has 1 heterocycles. The molecular formula is C25H27NO4S. The maximum atomic E-state index is 13.4. The summed E-state index contributed by atoms with van der Waals surface area (Å²) in [6.07, 6.45) is 6.05. The molecule has 1 saturated carbocycles. The van der Waals surface area contributed by atoms with Crippen LogP contribution in [0.4, 0.5) is 0 Å². The molecule has 1 atom stereocenters. The van der Waals surface area contributed by atoms with Crippen LogP contribution < -0.4 is 14.2 Å². The van der Waals surface area contributed by atoms with Crippen LogP contribution in [0.15, 0.2) is 65.6 Å². The summed E-state index contributed by atoms with van der Waals surface area (Å²) >= 11 is 0. The molecule has 0 unspecified atom stereocenters. The topological polar surface area (TPSA) is 64.6 Å². The molecule has 0 bridgehead atoms. The number of ether oxygens (including phenoxy) is 2. The Labute approximate surface area is 183 Å². The van der Waals surface area contributed by atoms with Crippen molar-refractivity contribution in [3.8, 4) is 11.5 Å². The van der Waals surface area contributed by atoms with Crippen molar-refractivity contribution in [3.63, 3.8) is 0 Å². The van der Waals surface area contributed by atoms with Gasteiger partial charge in [-0.25, -0.2) is 13.1 Å². The fourth-order valence-electron chi connectivity index (χ4n) is 4.98. The van der Waals surface area contributed by atoms with Gasteiger partial charge in [0.05, 0.1) is 18.0 Å². The van der Waals surface area contributed by atoms with Crippen molar-refractivity contribution >= 4 is 20.8 Å². The van der Waals surface area contributed by atoms with E-state index in [1.165, 1.54) is 6.42 Å². The molecule has 6 heteroatoms. The predicted molar refractivity (Wildman–Crippen MR) is 121 cm³/mol. The first-order valence-electron chi connectivity index (χ1n) is 10.9. The standard InChI is InChI=1S/C25H27NO4S/c1-29-20-11-9-19-16-21(12-10-18(19)15-20)31(27,28)26-23-17-25(13-5-2-6-14-25)30-24-8-4-3-7-22(23)24/h3-4,7-12,15-16,23,26H,2,5-6,13-14,17H2,1H3/t23-/m1/s1. The highest BCUT2D eigenvalue weighted by atomic mass is 32.2. The van der Waals surface area contributed by atoms with Gasteiger partial charge in [0.1, 0.15) is 17.1 Å². The third-order valence-electron chi connectivity index (χ3n) is 6.59. The monoisotopic (exact) mass is 437 g/mol. The number of methoxy groups -OCH3 is 1. The lowest BCUT2D eigenvalue weighted by Gasteiger charge is -2.44. The summed E-state index contributed by atoms with van der Waals surface area (Å²) in [5.74, 6) is 1.55. The molecule has 162 valence electrons. The van der Waals surface area contributed by atoms with Gasteiger partial charge >= 0.3 is 0 Å². The van der Waals surface area contributed by atoms with Crippen molar-refractivity contribution in [2.45, 2.75) is 55.1 Å². The number of benzene rings is 3. The third kappa shape index (κ3) is 3.90. The second-order valence-corrected chi connectivity index (χ2v) is 10.4. The number of para-hydroxylation sites is 1. The SMILES string of the molecule is COc1ccc2cc(S(=O)(=O)N[C@@H]3CC4(CCCCC4)Oc4ccccc43)ccc2c1. The van der Waals surface area contributed by atoms with Gasteiger partial charge in [0.25, 0.3) is 0 Å². The van der Waals surface area contributed by atoms with Crippen LogP contribution in [0.25, 0.3) is 10.8 Å². The zero-order valence-corrected chi connectivity index (χ0v) is 18.5. The number of nitrogens with one attached hydrogen (secondary N) is 1. The first-order chi connectivity index (χ1) is 15.0. The predicted octanol–water partition coefficient (Wildman–Crippen LogP) is 5.35. The van der Waals surface area contributed by atoms with E-state index in [-0.39, 0.29) is 16.5 Å². The molecule has 1 spiro atoms. The molecule has 1 aliphatic carbocycles. The van der Waals surface area contributed by atoms with E-state index in [9.17, 15) is 8.42 Å². The zero-order chi connectivity index (χ0) is 21.5. The quantitative estimate of drug-likeness (QED) is 0.597. The Kier molecular flexibility index (Phi) is 5.15. The Morgan fingerprint density at radius 2 is 1.71 bits per heavy atom. The zero-order valence-electron chi connectivity index (χ0n) is 17.6. The normalized spacial score (nSPS) is 20.2. The minimum absolute atomic E-state index is 0.270. The molecule has 0 aromatic heterocycles. The molecule has 0 radical (unpaired) electrons. The van der Waals surface area contributed by atoms with Crippen LogP contribution in [0.1, 0.15) is 50.1 Å². The summed E-state index contributed by atoms with van der Waals surface area (Å²) in [6.45, 7) is 0. The van der Waals surface area contributed by atoms with Crippen molar-refractivity contribution in [2.24, 2.45) is 0 Å². The van der Waals surface area contributed by atoms with Crippen molar-refractivity contribution in [2.75, 3.05) is 7.11 Å². The summed E-state index contributed by atoms with van der Waals surface area (Å²) in [7, 11) is -2.08. The smallest absolute Gasteiger partial charge is 0.241 e. The maximum Gasteiger partial charge on any atom is 0.241 e. The molecular weight excluding hydrogens is 410 g/mol. The molecule has 1 aliphatic heterocycles. The highest BCUT2D eigenvalue weighted by Gasteiger charge is 2.42. The average molecular weight is 438 g/mol. The van der Waals surface area contributed by atoms with Crippen LogP contribution in [0.2, 0.25) is 0 Å². The number of fused-ring (bicyclic) bond motifs is 2. The molecule has 0 saturated heterocycles. The first-order valence-corrected chi connectivity index (χ1v) is 12.3.